The standard InChI is InChI=1S/C19H19BrN4O2S/c1-12-8-15(20)16(9-13(12)2)21-18(25)11-27-19-22-17(23-24-19)10-26-14-6-4-3-5-7-14/h3-9H,10-11H2,1-2H3,(H,21,25)(H,22,23,24). The van der Waals surface area contributed by atoms with Gasteiger partial charge < -0.3 is 10.1 Å². The number of thioether (sulfide) groups is 1. The molecule has 3 aromatic rings. The quantitative estimate of drug-likeness (QED) is 0.522. The largest absolute Gasteiger partial charge is 0.486 e. The molecule has 1 amide bonds. The van der Waals surface area contributed by atoms with Crippen LogP contribution in [0, 0.1) is 13.8 Å². The summed E-state index contributed by atoms with van der Waals surface area (Å²) < 4.78 is 6.48. The molecule has 0 aliphatic rings. The van der Waals surface area contributed by atoms with Crippen molar-refractivity contribution in [3.63, 3.8) is 0 Å². The lowest BCUT2D eigenvalue weighted by atomic mass is 10.1. The lowest BCUT2D eigenvalue weighted by Gasteiger charge is -2.09. The number of rotatable bonds is 7. The fourth-order valence-corrected chi connectivity index (χ4v) is 3.44. The second-order valence-electron chi connectivity index (χ2n) is 5.92. The summed E-state index contributed by atoms with van der Waals surface area (Å²) >= 11 is 4.75. The molecule has 0 saturated carbocycles. The van der Waals surface area contributed by atoms with E-state index in [1.807, 2.05) is 56.3 Å². The molecule has 0 aliphatic carbocycles. The molecule has 3 rings (SSSR count). The lowest BCUT2D eigenvalue weighted by molar-refractivity contribution is -0.113. The number of H-pyrrole nitrogens is 1. The number of nitrogens with zero attached hydrogens (tertiary/aromatic N) is 2. The Morgan fingerprint density at radius 1 is 1.22 bits per heavy atom. The van der Waals surface area contributed by atoms with Crippen molar-refractivity contribution in [3.8, 4) is 5.75 Å². The summed E-state index contributed by atoms with van der Waals surface area (Å²) in [7, 11) is 0. The zero-order chi connectivity index (χ0) is 19.2. The van der Waals surface area contributed by atoms with Crippen molar-refractivity contribution in [1.29, 1.82) is 0 Å². The molecule has 140 valence electrons. The Morgan fingerprint density at radius 2 is 1.96 bits per heavy atom. The topological polar surface area (TPSA) is 79.9 Å². The maximum Gasteiger partial charge on any atom is 0.234 e. The average Bonchev–Trinajstić information content (AvgIpc) is 3.12. The van der Waals surface area contributed by atoms with Crippen molar-refractivity contribution in [2.24, 2.45) is 0 Å². The SMILES string of the molecule is Cc1cc(Br)c(NC(=O)CSc2n[nH]c(COc3ccccc3)n2)cc1C. The van der Waals surface area contributed by atoms with Gasteiger partial charge in [0.25, 0.3) is 0 Å². The number of nitrogens with one attached hydrogen (secondary N) is 2. The number of ether oxygens (including phenoxy) is 1. The Hall–Kier alpha value is -2.32. The number of aryl methyl sites for hydroxylation is 2. The number of amides is 1. The summed E-state index contributed by atoms with van der Waals surface area (Å²) in [6.45, 7) is 4.34. The van der Waals surface area contributed by atoms with Crippen molar-refractivity contribution >= 4 is 39.3 Å². The van der Waals surface area contributed by atoms with Gasteiger partial charge in [-0.1, -0.05) is 30.0 Å². The van der Waals surface area contributed by atoms with E-state index in [-0.39, 0.29) is 11.7 Å². The first-order valence-electron chi connectivity index (χ1n) is 8.30. The Kier molecular flexibility index (Phi) is 6.52. The van der Waals surface area contributed by atoms with Crippen LogP contribution in [-0.4, -0.2) is 26.8 Å². The third kappa shape index (κ3) is 5.58. The first kappa shape index (κ1) is 19.4. The number of halogens is 1. The van der Waals surface area contributed by atoms with E-state index in [4.69, 9.17) is 4.74 Å². The molecule has 0 atom stereocenters. The normalized spacial score (nSPS) is 10.6. The highest BCUT2D eigenvalue weighted by Gasteiger charge is 2.11. The van der Waals surface area contributed by atoms with Gasteiger partial charge in [-0.2, -0.15) is 0 Å². The number of para-hydroxylation sites is 1. The maximum absolute atomic E-state index is 12.2. The second kappa shape index (κ2) is 9.05. The van der Waals surface area contributed by atoms with Crippen molar-refractivity contribution in [1.82, 2.24) is 15.2 Å². The Bertz CT molecular complexity index is 931. The lowest BCUT2D eigenvalue weighted by Crippen LogP contribution is -2.14. The molecule has 0 saturated heterocycles. The van der Waals surface area contributed by atoms with Crippen molar-refractivity contribution in [2.45, 2.75) is 25.6 Å². The highest BCUT2D eigenvalue weighted by molar-refractivity contribution is 9.10. The van der Waals surface area contributed by atoms with Crippen LogP contribution in [0.2, 0.25) is 0 Å². The Labute approximate surface area is 170 Å². The van der Waals surface area contributed by atoms with Crippen molar-refractivity contribution in [2.75, 3.05) is 11.1 Å². The van der Waals surface area contributed by atoms with E-state index >= 15 is 0 Å². The van der Waals surface area contributed by atoms with Crippen LogP contribution in [-0.2, 0) is 11.4 Å². The van der Waals surface area contributed by atoms with Crippen LogP contribution in [0.25, 0.3) is 0 Å². The third-order valence-electron chi connectivity index (χ3n) is 3.82. The third-order valence-corrected chi connectivity index (χ3v) is 5.32. The summed E-state index contributed by atoms with van der Waals surface area (Å²) in [5, 5.41) is 10.3. The van der Waals surface area contributed by atoms with Crippen LogP contribution >= 0.6 is 27.7 Å². The highest BCUT2D eigenvalue weighted by Crippen LogP contribution is 2.26. The average molecular weight is 447 g/mol. The molecule has 27 heavy (non-hydrogen) atoms. The minimum absolute atomic E-state index is 0.115. The number of carbonyl (C=O) groups excluding carboxylic acids is 1. The summed E-state index contributed by atoms with van der Waals surface area (Å²) in [6.07, 6.45) is 0. The summed E-state index contributed by atoms with van der Waals surface area (Å²) in [5.41, 5.74) is 3.05. The van der Waals surface area contributed by atoms with E-state index in [0.717, 1.165) is 21.5 Å². The van der Waals surface area contributed by atoms with Gasteiger partial charge in [0.05, 0.1) is 11.4 Å². The van der Waals surface area contributed by atoms with Gasteiger partial charge in [-0.3, -0.25) is 9.89 Å². The van der Waals surface area contributed by atoms with Crippen LogP contribution in [0.3, 0.4) is 0 Å². The van der Waals surface area contributed by atoms with Crippen LogP contribution in [0.5, 0.6) is 5.75 Å². The smallest absolute Gasteiger partial charge is 0.234 e. The molecular weight excluding hydrogens is 428 g/mol. The monoisotopic (exact) mass is 446 g/mol. The maximum atomic E-state index is 12.2. The number of hydrogen-bond donors (Lipinski definition) is 2. The van der Waals surface area contributed by atoms with Crippen LogP contribution < -0.4 is 10.1 Å². The first-order chi connectivity index (χ1) is 13.0. The van der Waals surface area contributed by atoms with E-state index in [2.05, 4.69) is 36.4 Å². The summed E-state index contributed by atoms with van der Waals surface area (Å²) in [4.78, 5) is 16.5. The summed E-state index contributed by atoms with van der Waals surface area (Å²) in [6, 6.07) is 13.4. The van der Waals surface area contributed by atoms with Gasteiger partial charge in [0, 0.05) is 4.47 Å². The zero-order valence-electron chi connectivity index (χ0n) is 15.0. The molecule has 0 spiro atoms. The van der Waals surface area contributed by atoms with Crippen molar-refractivity contribution in [3.05, 3.63) is 63.9 Å². The molecular formula is C19H19BrN4O2S. The number of aromatic amines is 1. The first-order valence-corrected chi connectivity index (χ1v) is 10.1. The van der Waals surface area contributed by atoms with E-state index < -0.39 is 0 Å². The van der Waals surface area contributed by atoms with Crippen molar-refractivity contribution < 1.29 is 9.53 Å². The Morgan fingerprint density at radius 3 is 2.74 bits per heavy atom. The molecule has 0 bridgehead atoms. The number of benzene rings is 2. The van der Waals surface area contributed by atoms with Gasteiger partial charge in [0.1, 0.15) is 12.4 Å². The molecule has 2 aromatic carbocycles. The van der Waals surface area contributed by atoms with Gasteiger partial charge >= 0.3 is 0 Å². The predicted molar refractivity (Wildman–Crippen MR) is 110 cm³/mol. The molecule has 0 unspecified atom stereocenters. The van der Waals surface area contributed by atoms with Gasteiger partial charge in [0.2, 0.25) is 11.1 Å². The predicted octanol–water partition coefficient (Wildman–Crippen LogP) is 4.49. The fourth-order valence-electron chi connectivity index (χ4n) is 2.27. The molecule has 1 heterocycles. The van der Waals surface area contributed by atoms with Crippen LogP contribution in [0.1, 0.15) is 17.0 Å². The molecule has 2 N–H and O–H groups in total. The molecule has 0 fully saturated rings. The second-order valence-corrected chi connectivity index (χ2v) is 7.72. The van der Waals surface area contributed by atoms with Crippen LogP contribution in [0.15, 0.2) is 52.1 Å². The van der Waals surface area contributed by atoms with Gasteiger partial charge in [-0.25, -0.2) is 4.98 Å². The van der Waals surface area contributed by atoms with E-state index in [0.29, 0.717) is 17.6 Å². The highest BCUT2D eigenvalue weighted by atomic mass is 79.9. The van der Waals surface area contributed by atoms with E-state index in [1.165, 1.54) is 17.3 Å². The van der Waals surface area contributed by atoms with Gasteiger partial charge in [0.15, 0.2) is 5.82 Å². The number of carbonyl (C=O) groups is 1. The van der Waals surface area contributed by atoms with E-state index in [9.17, 15) is 4.79 Å². The van der Waals surface area contributed by atoms with Crippen LogP contribution in [0.4, 0.5) is 5.69 Å². The Balaban J connectivity index is 1.49. The minimum atomic E-state index is -0.115. The number of aromatic nitrogens is 3. The molecule has 0 aliphatic heterocycles. The number of anilines is 1. The zero-order valence-corrected chi connectivity index (χ0v) is 17.4. The van der Waals surface area contributed by atoms with Gasteiger partial charge in [-0.15, -0.1) is 5.10 Å². The molecule has 0 radical (unpaired) electrons. The summed E-state index contributed by atoms with van der Waals surface area (Å²) in [5.74, 6) is 1.48. The molecule has 6 nitrogen and oxygen atoms in total. The van der Waals surface area contributed by atoms with Gasteiger partial charge in [-0.05, 0) is 65.2 Å². The molecule has 1 aromatic heterocycles. The molecule has 8 heteroatoms. The number of hydrogen-bond acceptors (Lipinski definition) is 5. The van der Waals surface area contributed by atoms with E-state index in [1.54, 1.807) is 0 Å². The fraction of sp³-hybridized carbons (Fsp3) is 0.211. The minimum Gasteiger partial charge on any atom is -0.486 e.